The molecule has 0 N–H and O–H groups in total. The maximum absolute atomic E-state index is 5.48. The Morgan fingerprint density at radius 3 is 2.58 bits per heavy atom. The van der Waals surface area contributed by atoms with E-state index in [-0.39, 0.29) is 0 Å². The molecular weight excluding hydrogens is 150 g/mol. The maximum Gasteiger partial charge on any atom is 0.0996 e. The molecule has 72 valence electrons. The molecule has 2 heteroatoms. The lowest BCUT2D eigenvalue weighted by Gasteiger charge is -2.30. The van der Waals surface area contributed by atoms with Crippen LogP contribution in [0.1, 0.15) is 34.1 Å². The third-order valence-electron chi connectivity index (χ3n) is 2.88. The van der Waals surface area contributed by atoms with Crippen molar-refractivity contribution in [1.29, 1.82) is 0 Å². The van der Waals surface area contributed by atoms with E-state index in [1.807, 2.05) is 0 Å². The highest BCUT2D eigenvalue weighted by molar-refractivity contribution is 4.80. The van der Waals surface area contributed by atoms with E-state index in [1.165, 1.54) is 6.42 Å². The average molecular weight is 171 g/mol. The van der Waals surface area contributed by atoms with E-state index in [0.717, 1.165) is 13.3 Å². The Balaban J connectivity index is 2.51. The molecule has 1 saturated heterocycles. The lowest BCUT2D eigenvalue weighted by atomic mass is 10.0. The monoisotopic (exact) mass is 171 g/mol. The van der Waals surface area contributed by atoms with Crippen molar-refractivity contribution >= 4 is 0 Å². The van der Waals surface area contributed by atoms with Crippen LogP contribution in [-0.2, 0) is 4.74 Å². The number of ether oxygens (including phenoxy) is 1. The van der Waals surface area contributed by atoms with Crippen molar-refractivity contribution in [3.63, 3.8) is 0 Å². The van der Waals surface area contributed by atoms with Gasteiger partial charge in [0.25, 0.3) is 0 Å². The number of hydrogen-bond donors (Lipinski definition) is 0. The quantitative estimate of drug-likeness (QED) is 0.644. The number of hydrogen-bond acceptors (Lipinski definition) is 2. The van der Waals surface area contributed by atoms with Gasteiger partial charge >= 0.3 is 0 Å². The standard InChI is InChI=1S/C10H21NO/c1-5-9(4)11-7-12-6-10(11)8(2)3/h8-10H,5-7H2,1-4H3. The van der Waals surface area contributed by atoms with Crippen LogP contribution in [0.2, 0.25) is 0 Å². The summed E-state index contributed by atoms with van der Waals surface area (Å²) in [5, 5.41) is 0. The molecule has 1 heterocycles. The van der Waals surface area contributed by atoms with Gasteiger partial charge in [0.05, 0.1) is 13.3 Å². The van der Waals surface area contributed by atoms with Crippen molar-refractivity contribution < 1.29 is 4.74 Å². The molecule has 0 spiro atoms. The summed E-state index contributed by atoms with van der Waals surface area (Å²) in [7, 11) is 0. The van der Waals surface area contributed by atoms with Crippen molar-refractivity contribution in [2.24, 2.45) is 5.92 Å². The topological polar surface area (TPSA) is 12.5 Å². The summed E-state index contributed by atoms with van der Waals surface area (Å²) in [5.41, 5.74) is 0. The zero-order valence-electron chi connectivity index (χ0n) is 8.71. The molecule has 1 aliphatic heterocycles. The molecule has 0 saturated carbocycles. The van der Waals surface area contributed by atoms with Crippen LogP contribution in [0, 0.1) is 5.92 Å². The normalized spacial score (nSPS) is 28.2. The van der Waals surface area contributed by atoms with Crippen molar-refractivity contribution in [3.8, 4) is 0 Å². The molecule has 1 fully saturated rings. The van der Waals surface area contributed by atoms with Crippen molar-refractivity contribution in [2.75, 3.05) is 13.3 Å². The van der Waals surface area contributed by atoms with Gasteiger partial charge in [-0.3, -0.25) is 4.90 Å². The molecule has 0 aromatic heterocycles. The second-order valence-corrected chi connectivity index (χ2v) is 4.08. The SMILES string of the molecule is CCC(C)N1COCC1C(C)C. The first-order valence-electron chi connectivity index (χ1n) is 5.00. The highest BCUT2D eigenvalue weighted by Gasteiger charge is 2.30. The van der Waals surface area contributed by atoms with Gasteiger partial charge < -0.3 is 4.74 Å². The van der Waals surface area contributed by atoms with Gasteiger partial charge in [-0.2, -0.15) is 0 Å². The maximum atomic E-state index is 5.48. The molecule has 12 heavy (non-hydrogen) atoms. The molecule has 0 aliphatic carbocycles. The van der Waals surface area contributed by atoms with Gasteiger partial charge in [-0.15, -0.1) is 0 Å². The smallest absolute Gasteiger partial charge is 0.0996 e. The third-order valence-corrected chi connectivity index (χ3v) is 2.88. The second kappa shape index (κ2) is 4.24. The first-order chi connectivity index (χ1) is 5.66. The lowest BCUT2D eigenvalue weighted by Crippen LogP contribution is -2.40. The van der Waals surface area contributed by atoms with Gasteiger partial charge in [0.15, 0.2) is 0 Å². The summed E-state index contributed by atoms with van der Waals surface area (Å²) >= 11 is 0. The van der Waals surface area contributed by atoms with Crippen LogP contribution in [0.15, 0.2) is 0 Å². The van der Waals surface area contributed by atoms with E-state index >= 15 is 0 Å². The number of rotatable bonds is 3. The largest absolute Gasteiger partial charge is 0.364 e. The van der Waals surface area contributed by atoms with E-state index in [9.17, 15) is 0 Å². The fourth-order valence-electron chi connectivity index (χ4n) is 1.73. The Hall–Kier alpha value is -0.0800. The minimum atomic E-state index is 0.639. The van der Waals surface area contributed by atoms with E-state index in [2.05, 4.69) is 32.6 Å². The summed E-state index contributed by atoms with van der Waals surface area (Å²) in [4.78, 5) is 2.48. The Kier molecular flexibility index (Phi) is 3.53. The predicted molar refractivity (Wildman–Crippen MR) is 51.0 cm³/mol. The van der Waals surface area contributed by atoms with Crippen LogP contribution in [0.4, 0.5) is 0 Å². The molecule has 2 nitrogen and oxygen atoms in total. The van der Waals surface area contributed by atoms with Gasteiger partial charge in [0.2, 0.25) is 0 Å². The van der Waals surface area contributed by atoms with Gasteiger partial charge in [-0.25, -0.2) is 0 Å². The van der Waals surface area contributed by atoms with Crippen molar-refractivity contribution in [2.45, 2.75) is 46.2 Å². The van der Waals surface area contributed by atoms with Crippen molar-refractivity contribution in [3.05, 3.63) is 0 Å². The molecule has 1 aliphatic rings. The Morgan fingerprint density at radius 1 is 1.42 bits per heavy atom. The molecule has 2 atom stereocenters. The summed E-state index contributed by atoms with van der Waals surface area (Å²) < 4.78 is 5.48. The van der Waals surface area contributed by atoms with E-state index in [1.54, 1.807) is 0 Å². The first kappa shape index (κ1) is 10.0. The summed E-state index contributed by atoms with van der Waals surface area (Å²) in [5.74, 6) is 0.710. The van der Waals surface area contributed by atoms with E-state index < -0.39 is 0 Å². The fraction of sp³-hybridized carbons (Fsp3) is 1.00. The minimum Gasteiger partial charge on any atom is -0.364 e. The van der Waals surface area contributed by atoms with Crippen molar-refractivity contribution in [1.82, 2.24) is 4.90 Å². The summed E-state index contributed by atoms with van der Waals surface area (Å²) in [6.45, 7) is 10.8. The molecule has 0 aromatic carbocycles. The van der Waals surface area contributed by atoms with Crippen LogP contribution >= 0.6 is 0 Å². The van der Waals surface area contributed by atoms with Gasteiger partial charge in [0.1, 0.15) is 0 Å². The van der Waals surface area contributed by atoms with Crippen LogP contribution in [0.25, 0.3) is 0 Å². The molecule has 2 unspecified atom stereocenters. The van der Waals surface area contributed by atoms with Crippen LogP contribution in [0.3, 0.4) is 0 Å². The van der Waals surface area contributed by atoms with Crippen LogP contribution in [0.5, 0.6) is 0 Å². The third kappa shape index (κ3) is 1.99. The van der Waals surface area contributed by atoms with Crippen LogP contribution in [-0.4, -0.2) is 30.3 Å². The zero-order valence-corrected chi connectivity index (χ0v) is 8.71. The van der Waals surface area contributed by atoms with Gasteiger partial charge in [0, 0.05) is 12.1 Å². The Labute approximate surface area is 75.9 Å². The molecular formula is C10H21NO. The molecule has 0 aromatic rings. The van der Waals surface area contributed by atoms with E-state index in [4.69, 9.17) is 4.74 Å². The van der Waals surface area contributed by atoms with E-state index in [0.29, 0.717) is 18.0 Å². The number of nitrogens with zero attached hydrogens (tertiary/aromatic N) is 1. The lowest BCUT2D eigenvalue weighted by molar-refractivity contribution is 0.104. The zero-order chi connectivity index (χ0) is 9.14. The highest BCUT2D eigenvalue weighted by atomic mass is 16.5. The highest BCUT2D eigenvalue weighted by Crippen LogP contribution is 2.21. The second-order valence-electron chi connectivity index (χ2n) is 4.08. The molecule has 0 amide bonds. The van der Waals surface area contributed by atoms with Crippen LogP contribution < -0.4 is 0 Å². The summed E-state index contributed by atoms with van der Waals surface area (Å²) in [6.07, 6.45) is 1.21. The van der Waals surface area contributed by atoms with Gasteiger partial charge in [-0.05, 0) is 19.3 Å². The average Bonchev–Trinajstić information content (AvgIpc) is 2.50. The molecule has 0 radical (unpaired) electrons. The Bertz CT molecular complexity index is 136. The Morgan fingerprint density at radius 2 is 2.08 bits per heavy atom. The first-order valence-corrected chi connectivity index (χ1v) is 5.00. The fourth-order valence-corrected chi connectivity index (χ4v) is 1.73. The summed E-state index contributed by atoms with van der Waals surface area (Å²) in [6, 6.07) is 1.31. The molecule has 1 rings (SSSR count). The van der Waals surface area contributed by atoms with Gasteiger partial charge in [-0.1, -0.05) is 20.8 Å². The predicted octanol–water partition coefficient (Wildman–Crippen LogP) is 2.10. The molecule has 0 bridgehead atoms. The minimum absolute atomic E-state index is 0.639.